The largest absolute Gasteiger partial charge is 0.346 e. The predicted octanol–water partition coefficient (Wildman–Crippen LogP) is 2.53. The smallest absolute Gasteiger partial charge is 0.239 e. The molecule has 0 radical (unpaired) electrons. The van der Waals surface area contributed by atoms with Crippen LogP contribution < -0.4 is 5.32 Å². The first kappa shape index (κ1) is 17.3. The molecule has 2 aromatic carbocycles. The van der Waals surface area contributed by atoms with Crippen molar-refractivity contribution in [2.75, 3.05) is 7.05 Å². The van der Waals surface area contributed by atoms with Crippen LogP contribution >= 0.6 is 0 Å². The summed E-state index contributed by atoms with van der Waals surface area (Å²) in [5.41, 5.74) is 1.83. The predicted molar refractivity (Wildman–Crippen MR) is 99.3 cm³/mol. The van der Waals surface area contributed by atoms with Crippen molar-refractivity contribution in [1.82, 2.24) is 10.2 Å². The molecule has 3 rings (SSSR count). The van der Waals surface area contributed by atoms with Gasteiger partial charge in [-0.2, -0.15) is 5.26 Å². The first-order valence-corrected chi connectivity index (χ1v) is 8.12. The summed E-state index contributed by atoms with van der Waals surface area (Å²) in [7, 11) is 1.57. The van der Waals surface area contributed by atoms with E-state index in [1.807, 2.05) is 37.3 Å². The molecule has 0 bridgehead atoms. The van der Waals surface area contributed by atoms with Gasteiger partial charge in [0.05, 0.1) is 23.1 Å². The molecule has 0 saturated carbocycles. The van der Waals surface area contributed by atoms with E-state index < -0.39 is 11.5 Å². The van der Waals surface area contributed by atoms with E-state index in [0.29, 0.717) is 11.1 Å². The molecule has 0 aromatic heterocycles. The van der Waals surface area contributed by atoms with Crippen LogP contribution in [0.1, 0.15) is 35.1 Å². The van der Waals surface area contributed by atoms with Gasteiger partial charge in [0.2, 0.25) is 5.91 Å². The van der Waals surface area contributed by atoms with E-state index in [-0.39, 0.29) is 11.9 Å². The molecular formula is C21H18N4O. The third-order valence-corrected chi connectivity index (χ3v) is 4.85. The van der Waals surface area contributed by atoms with Gasteiger partial charge in [-0.3, -0.25) is 15.1 Å². The summed E-state index contributed by atoms with van der Waals surface area (Å²) in [4.78, 5) is 14.4. The maximum Gasteiger partial charge on any atom is 0.239 e. The number of hydrogen-bond donors (Lipinski definition) is 2. The number of nitriles is 1. The number of likely N-dealkylation sites (N-methyl/N-ethyl adjacent to an activating group) is 1. The Morgan fingerprint density at radius 3 is 2.62 bits per heavy atom. The number of guanidine groups is 1. The Hall–Kier alpha value is -3.57. The summed E-state index contributed by atoms with van der Waals surface area (Å²) in [6.07, 6.45) is 5.52. The van der Waals surface area contributed by atoms with Crippen LogP contribution in [-0.2, 0) is 10.3 Å². The molecule has 0 aliphatic carbocycles. The number of nitrogens with one attached hydrogen (secondary N) is 2. The van der Waals surface area contributed by atoms with Crippen LogP contribution in [0.25, 0.3) is 0 Å². The van der Waals surface area contributed by atoms with E-state index in [0.717, 1.165) is 11.1 Å². The number of nitrogens with zero attached hydrogens (tertiary/aromatic N) is 2. The summed E-state index contributed by atoms with van der Waals surface area (Å²) >= 11 is 0. The van der Waals surface area contributed by atoms with E-state index in [1.165, 1.54) is 4.90 Å². The fraction of sp³-hybridized carbons (Fsp3) is 0.190. The Labute approximate surface area is 152 Å². The van der Waals surface area contributed by atoms with Crippen molar-refractivity contribution in [3.05, 3.63) is 70.8 Å². The van der Waals surface area contributed by atoms with Gasteiger partial charge in [-0.25, -0.2) is 0 Å². The van der Waals surface area contributed by atoms with E-state index in [2.05, 4.69) is 17.3 Å². The van der Waals surface area contributed by atoms with Crippen molar-refractivity contribution < 1.29 is 4.79 Å². The van der Waals surface area contributed by atoms with Crippen LogP contribution in [0.15, 0.2) is 48.5 Å². The highest BCUT2D eigenvalue weighted by Crippen LogP contribution is 2.41. The van der Waals surface area contributed by atoms with Gasteiger partial charge in [0, 0.05) is 12.6 Å². The number of carbonyl (C=O) groups is 1. The SMILES string of the molecule is C#Cc1cccc([C@H]2C(=O)N(C)C(=N)N[C@]2(C)c2cccc(C#N)c2)c1. The fourth-order valence-electron chi connectivity index (χ4n) is 3.39. The molecule has 1 amide bonds. The standard InChI is InChI=1S/C21H18N4O/c1-4-14-7-5-9-16(11-14)18-19(26)25(3)20(23)24-21(18,2)17-10-6-8-15(12-17)13-22/h1,5-12,18H,2-3H3,(H2,23,24)/t18-,21+/m0/s1. The average molecular weight is 342 g/mol. The Morgan fingerprint density at radius 1 is 1.23 bits per heavy atom. The Morgan fingerprint density at radius 2 is 1.92 bits per heavy atom. The zero-order chi connectivity index (χ0) is 18.9. The Balaban J connectivity index is 2.21. The molecule has 1 saturated heterocycles. The number of terminal acetylenes is 1. The van der Waals surface area contributed by atoms with Crippen LogP contribution in [0.4, 0.5) is 0 Å². The molecule has 2 atom stereocenters. The van der Waals surface area contributed by atoms with Gasteiger partial charge in [0.15, 0.2) is 5.96 Å². The highest BCUT2D eigenvalue weighted by Gasteiger charge is 2.48. The van der Waals surface area contributed by atoms with Crippen LogP contribution in [0.2, 0.25) is 0 Å². The van der Waals surface area contributed by atoms with Crippen LogP contribution in [-0.4, -0.2) is 23.8 Å². The molecule has 5 heteroatoms. The normalized spacial score (nSPS) is 22.3. The number of carbonyl (C=O) groups excluding carboxylic acids is 1. The lowest BCUT2D eigenvalue weighted by Crippen LogP contribution is -2.62. The minimum atomic E-state index is -0.888. The summed E-state index contributed by atoms with van der Waals surface area (Å²) in [5.74, 6) is 1.82. The van der Waals surface area contributed by atoms with Gasteiger partial charge in [-0.15, -0.1) is 6.42 Å². The molecule has 0 spiro atoms. The third kappa shape index (κ3) is 2.70. The average Bonchev–Trinajstić information content (AvgIpc) is 2.66. The summed E-state index contributed by atoms with van der Waals surface area (Å²) < 4.78 is 0. The third-order valence-electron chi connectivity index (χ3n) is 4.85. The molecular weight excluding hydrogens is 324 g/mol. The molecule has 26 heavy (non-hydrogen) atoms. The lowest BCUT2D eigenvalue weighted by atomic mass is 9.73. The van der Waals surface area contributed by atoms with Crippen molar-refractivity contribution in [1.29, 1.82) is 10.7 Å². The quantitative estimate of drug-likeness (QED) is 0.823. The molecule has 2 aromatic rings. The van der Waals surface area contributed by atoms with Crippen LogP contribution in [0, 0.1) is 29.1 Å². The maximum atomic E-state index is 13.1. The van der Waals surface area contributed by atoms with Crippen molar-refractivity contribution >= 4 is 11.9 Å². The second-order valence-corrected chi connectivity index (χ2v) is 6.47. The topological polar surface area (TPSA) is 80.0 Å². The lowest BCUT2D eigenvalue weighted by molar-refractivity contribution is -0.131. The summed E-state index contributed by atoms with van der Waals surface area (Å²) in [5, 5.41) is 20.5. The zero-order valence-corrected chi connectivity index (χ0v) is 14.6. The fourth-order valence-corrected chi connectivity index (χ4v) is 3.39. The number of amides is 1. The molecule has 5 nitrogen and oxygen atoms in total. The first-order valence-electron chi connectivity index (χ1n) is 8.12. The number of hydrogen-bond acceptors (Lipinski definition) is 3. The van der Waals surface area contributed by atoms with Crippen molar-refractivity contribution in [2.24, 2.45) is 0 Å². The van der Waals surface area contributed by atoms with Gasteiger partial charge < -0.3 is 5.32 Å². The summed E-state index contributed by atoms with van der Waals surface area (Å²) in [6, 6.07) is 16.5. The summed E-state index contributed by atoms with van der Waals surface area (Å²) in [6.45, 7) is 1.87. The number of rotatable bonds is 2. The van der Waals surface area contributed by atoms with Crippen molar-refractivity contribution in [3.63, 3.8) is 0 Å². The molecule has 1 aliphatic rings. The van der Waals surface area contributed by atoms with Gasteiger partial charge in [-0.05, 0) is 42.3 Å². The van der Waals surface area contributed by atoms with E-state index in [1.54, 1.807) is 25.2 Å². The molecule has 128 valence electrons. The Bertz CT molecular complexity index is 982. The van der Waals surface area contributed by atoms with Crippen molar-refractivity contribution in [3.8, 4) is 18.4 Å². The molecule has 2 N–H and O–H groups in total. The van der Waals surface area contributed by atoms with Crippen LogP contribution in [0.5, 0.6) is 0 Å². The molecule has 0 unspecified atom stereocenters. The van der Waals surface area contributed by atoms with Crippen molar-refractivity contribution in [2.45, 2.75) is 18.4 Å². The monoisotopic (exact) mass is 342 g/mol. The second-order valence-electron chi connectivity index (χ2n) is 6.47. The van der Waals surface area contributed by atoms with Crippen LogP contribution in [0.3, 0.4) is 0 Å². The minimum Gasteiger partial charge on any atom is -0.346 e. The van der Waals surface area contributed by atoms with Gasteiger partial charge in [-0.1, -0.05) is 30.2 Å². The molecule has 1 fully saturated rings. The number of benzene rings is 2. The van der Waals surface area contributed by atoms with E-state index in [9.17, 15) is 10.1 Å². The van der Waals surface area contributed by atoms with E-state index >= 15 is 0 Å². The van der Waals surface area contributed by atoms with Gasteiger partial charge >= 0.3 is 0 Å². The Kier molecular flexibility index (Phi) is 4.24. The highest BCUT2D eigenvalue weighted by molar-refractivity contribution is 6.02. The molecule has 1 aliphatic heterocycles. The molecule has 1 heterocycles. The van der Waals surface area contributed by atoms with Gasteiger partial charge in [0.25, 0.3) is 0 Å². The highest BCUT2D eigenvalue weighted by atomic mass is 16.2. The zero-order valence-electron chi connectivity index (χ0n) is 14.6. The van der Waals surface area contributed by atoms with Gasteiger partial charge in [0.1, 0.15) is 0 Å². The van der Waals surface area contributed by atoms with E-state index in [4.69, 9.17) is 11.8 Å². The lowest BCUT2D eigenvalue weighted by Gasteiger charge is -2.46. The first-order chi connectivity index (χ1) is 12.4. The second kappa shape index (κ2) is 6.38. The maximum absolute atomic E-state index is 13.1. The minimum absolute atomic E-state index is 0.0178.